The molecule has 12 atom stereocenters. The lowest BCUT2D eigenvalue weighted by molar-refractivity contribution is -0.301. The zero-order valence-corrected chi connectivity index (χ0v) is 22.3. The minimum atomic E-state index is -1.21. The van der Waals surface area contributed by atoms with Crippen LogP contribution in [0.3, 0.4) is 0 Å². The molecule has 7 heteroatoms. The van der Waals surface area contributed by atoms with Crippen LogP contribution in [-0.4, -0.2) is 61.3 Å². The number of aliphatic carboxylic acids is 1. The van der Waals surface area contributed by atoms with E-state index in [4.69, 9.17) is 18.9 Å². The fraction of sp³-hybridized carbons (Fsp3) is 0.862. The van der Waals surface area contributed by atoms with Gasteiger partial charge in [0.05, 0.1) is 36.9 Å². The number of carbonyl (C=O) groups is 2. The van der Waals surface area contributed by atoms with Gasteiger partial charge in [0.1, 0.15) is 17.8 Å². The number of carboxylic acid groups (broad SMARTS) is 1. The first-order chi connectivity index (χ1) is 17.1. The number of carboxylic acids is 1. The second-order valence-corrected chi connectivity index (χ2v) is 13.1. The molecule has 1 N–H and O–H groups in total. The Bertz CT molecular complexity index is 961. The Balaban J connectivity index is 1.36. The molecule has 2 heterocycles. The number of rotatable bonds is 6. The van der Waals surface area contributed by atoms with Crippen LogP contribution in [0.25, 0.3) is 0 Å². The predicted molar refractivity (Wildman–Crippen MR) is 131 cm³/mol. The number of hydrogen-bond donors (Lipinski definition) is 1. The van der Waals surface area contributed by atoms with Crippen LogP contribution in [-0.2, 0) is 28.5 Å². The highest BCUT2D eigenvalue weighted by Gasteiger charge is 2.84. The van der Waals surface area contributed by atoms with Crippen LogP contribution >= 0.6 is 0 Å². The molecule has 0 aromatic carbocycles. The predicted octanol–water partition coefficient (Wildman–Crippen LogP) is 4.24. The molecular formula is C29H42O7. The molecule has 200 valence electrons. The first-order valence-electron chi connectivity index (χ1n) is 14.1. The van der Waals surface area contributed by atoms with Gasteiger partial charge in [-0.3, -0.25) is 4.79 Å². The Morgan fingerprint density at radius 1 is 1.22 bits per heavy atom. The third-order valence-electron chi connectivity index (χ3n) is 11.2. The smallest absolute Gasteiger partial charge is 0.315 e. The van der Waals surface area contributed by atoms with E-state index < -0.39 is 28.5 Å². The number of hydrogen-bond acceptors (Lipinski definition) is 6. The Morgan fingerprint density at radius 3 is 2.69 bits per heavy atom. The summed E-state index contributed by atoms with van der Waals surface area (Å²) in [5.74, 6) is 0.205. The fourth-order valence-electron chi connectivity index (χ4n) is 9.94. The SMILES string of the molecule is CC(C)C1=CC2CC3(C=O)C4CCC(C)C4CC2(CO[C@H]2C[C@@H]4O[C@@H](C)CO[C@H]4[C@@H](C)O2)C13C(=O)O. The molecule has 0 aromatic heterocycles. The monoisotopic (exact) mass is 502 g/mol. The molecule has 2 saturated heterocycles. The molecule has 0 amide bonds. The number of fused-ring (bicyclic) bond motifs is 3. The van der Waals surface area contributed by atoms with E-state index in [1.165, 1.54) is 0 Å². The van der Waals surface area contributed by atoms with Gasteiger partial charge in [-0.25, -0.2) is 0 Å². The van der Waals surface area contributed by atoms with Crippen molar-refractivity contribution in [2.24, 2.45) is 45.8 Å². The van der Waals surface area contributed by atoms with Crippen molar-refractivity contribution in [2.45, 2.75) is 97.4 Å². The van der Waals surface area contributed by atoms with Crippen molar-refractivity contribution in [1.29, 1.82) is 0 Å². The average Bonchev–Trinajstić information content (AvgIpc) is 3.40. The highest BCUT2D eigenvalue weighted by Crippen LogP contribution is 2.82. The first-order valence-corrected chi connectivity index (χ1v) is 14.1. The highest BCUT2D eigenvalue weighted by atomic mass is 16.7. The third kappa shape index (κ3) is 2.95. The molecule has 2 aliphatic heterocycles. The molecule has 3 saturated carbocycles. The normalized spacial score (nSPS) is 53.2. The molecule has 4 bridgehead atoms. The fourth-order valence-corrected chi connectivity index (χ4v) is 9.94. The van der Waals surface area contributed by atoms with Gasteiger partial charge in [0.2, 0.25) is 0 Å². The number of allylic oxidation sites excluding steroid dienone is 1. The summed E-state index contributed by atoms with van der Waals surface area (Å²) in [6, 6.07) is 0. The van der Waals surface area contributed by atoms with E-state index in [0.717, 1.165) is 31.1 Å². The van der Waals surface area contributed by atoms with Crippen LogP contribution in [0, 0.1) is 45.8 Å². The standard InChI is InChI=1S/C29H42O7/c1-15(2)22-8-19-10-27(13-30)21-7-6-16(3)20(21)11-28(19,29(22,27)26(31)32)14-34-24-9-23-25(18(5)36-24)33-12-17(4)35-23/h8,13,15-21,23-25H,6-7,9-12,14H2,1-5H3,(H,31,32)/t16?,17-,18+,19?,20?,21?,23-,24+,25-,27?,28?,29?/m0/s1. The molecule has 7 nitrogen and oxygen atoms in total. The second-order valence-electron chi connectivity index (χ2n) is 13.1. The minimum absolute atomic E-state index is 0.0250. The van der Waals surface area contributed by atoms with Crippen LogP contribution in [0.2, 0.25) is 0 Å². The molecule has 6 rings (SSSR count). The van der Waals surface area contributed by atoms with Gasteiger partial charge >= 0.3 is 5.97 Å². The van der Waals surface area contributed by atoms with Crippen molar-refractivity contribution in [3.8, 4) is 0 Å². The van der Waals surface area contributed by atoms with E-state index in [1.807, 2.05) is 13.8 Å². The van der Waals surface area contributed by atoms with Gasteiger partial charge in [0.15, 0.2) is 6.29 Å². The Morgan fingerprint density at radius 2 is 2.00 bits per heavy atom. The maximum Gasteiger partial charge on any atom is 0.315 e. The van der Waals surface area contributed by atoms with Crippen molar-refractivity contribution in [2.75, 3.05) is 13.2 Å². The quantitative estimate of drug-likeness (QED) is 0.429. The largest absolute Gasteiger partial charge is 0.481 e. The molecular weight excluding hydrogens is 460 g/mol. The van der Waals surface area contributed by atoms with Gasteiger partial charge in [0.25, 0.3) is 0 Å². The van der Waals surface area contributed by atoms with Crippen molar-refractivity contribution in [3.63, 3.8) is 0 Å². The van der Waals surface area contributed by atoms with Gasteiger partial charge in [-0.1, -0.05) is 38.8 Å². The first kappa shape index (κ1) is 25.0. The molecule has 5 fully saturated rings. The summed E-state index contributed by atoms with van der Waals surface area (Å²) in [4.78, 5) is 26.7. The zero-order valence-electron chi connectivity index (χ0n) is 22.3. The molecule has 7 unspecified atom stereocenters. The van der Waals surface area contributed by atoms with E-state index >= 15 is 0 Å². The van der Waals surface area contributed by atoms with Crippen LogP contribution in [0.5, 0.6) is 0 Å². The van der Waals surface area contributed by atoms with Crippen LogP contribution in [0.15, 0.2) is 11.6 Å². The lowest BCUT2D eigenvalue weighted by Crippen LogP contribution is -2.64. The Kier molecular flexibility index (Phi) is 5.81. The lowest BCUT2D eigenvalue weighted by atomic mass is 9.43. The minimum Gasteiger partial charge on any atom is -0.481 e. The summed E-state index contributed by atoms with van der Waals surface area (Å²) in [7, 11) is 0. The van der Waals surface area contributed by atoms with Crippen molar-refractivity contribution >= 4 is 12.3 Å². The maximum atomic E-state index is 13.6. The van der Waals surface area contributed by atoms with Gasteiger partial charge in [0, 0.05) is 11.8 Å². The van der Waals surface area contributed by atoms with Gasteiger partial charge < -0.3 is 28.8 Å². The molecule has 36 heavy (non-hydrogen) atoms. The van der Waals surface area contributed by atoms with E-state index in [9.17, 15) is 14.7 Å². The Hall–Kier alpha value is -1.28. The van der Waals surface area contributed by atoms with Crippen LogP contribution in [0.4, 0.5) is 0 Å². The number of ether oxygens (including phenoxy) is 4. The average molecular weight is 503 g/mol. The van der Waals surface area contributed by atoms with Gasteiger partial charge in [-0.05, 0) is 62.7 Å². The molecule has 4 aliphatic carbocycles. The summed E-state index contributed by atoms with van der Waals surface area (Å²) in [6.45, 7) is 11.3. The van der Waals surface area contributed by atoms with Crippen molar-refractivity contribution in [3.05, 3.63) is 11.6 Å². The van der Waals surface area contributed by atoms with Crippen LogP contribution in [0.1, 0.15) is 66.7 Å². The summed E-state index contributed by atoms with van der Waals surface area (Å²) < 4.78 is 25.0. The third-order valence-corrected chi connectivity index (χ3v) is 11.2. The van der Waals surface area contributed by atoms with Gasteiger partial charge in [-0.2, -0.15) is 0 Å². The number of aldehydes is 1. The van der Waals surface area contributed by atoms with E-state index in [0.29, 0.717) is 31.3 Å². The summed E-state index contributed by atoms with van der Waals surface area (Å²) >= 11 is 0. The lowest BCUT2D eigenvalue weighted by Gasteiger charge is -2.58. The summed E-state index contributed by atoms with van der Waals surface area (Å²) in [5.41, 5.74) is -1.78. The second kappa shape index (κ2) is 8.36. The molecule has 6 aliphatic rings. The topological polar surface area (TPSA) is 91.3 Å². The van der Waals surface area contributed by atoms with E-state index in [1.54, 1.807) is 0 Å². The summed E-state index contributed by atoms with van der Waals surface area (Å²) in [5, 5.41) is 11.1. The van der Waals surface area contributed by atoms with Gasteiger partial charge in [-0.15, -0.1) is 0 Å². The summed E-state index contributed by atoms with van der Waals surface area (Å²) in [6.07, 6.45) is 6.43. The zero-order chi connectivity index (χ0) is 25.6. The van der Waals surface area contributed by atoms with Crippen molar-refractivity contribution < 1.29 is 33.6 Å². The van der Waals surface area contributed by atoms with Crippen LogP contribution < -0.4 is 0 Å². The van der Waals surface area contributed by atoms with Crippen molar-refractivity contribution in [1.82, 2.24) is 0 Å². The Labute approximate surface area is 214 Å². The van der Waals surface area contributed by atoms with E-state index in [-0.39, 0.29) is 48.8 Å². The molecule has 0 spiro atoms. The molecule has 0 aromatic rings. The highest BCUT2D eigenvalue weighted by molar-refractivity contribution is 5.90. The molecule has 0 radical (unpaired) electrons. The maximum absolute atomic E-state index is 13.6. The van der Waals surface area contributed by atoms with E-state index in [2.05, 4.69) is 26.8 Å². The number of carbonyl (C=O) groups excluding carboxylic acids is 1.